The van der Waals surface area contributed by atoms with E-state index in [4.69, 9.17) is 4.74 Å². The summed E-state index contributed by atoms with van der Waals surface area (Å²) in [7, 11) is 1.62. The first-order valence-electron chi connectivity index (χ1n) is 7.60. The first kappa shape index (κ1) is 15.7. The van der Waals surface area contributed by atoms with Crippen molar-refractivity contribution in [1.29, 1.82) is 0 Å². The molecule has 0 fully saturated rings. The Morgan fingerprint density at radius 1 is 1.30 bits per heavy atom. The summed E-state index contributed by atoms with van der Waals surface area (Å²) < 4.78 is 5.18. The van der Waals surface area contributed by atoms with Gasteiger partial charge in [-0.3, -0.25) is 4.79 Å². The smallest absolute Gasteiger partial charge is 0.243 e. The number of carbonyl (C=O) groups is 1. The number of fused-ring (bicyclic) bond motifs is 1. The van der Waals surface area contributed by atoms with Crippen molar-refractivity contribution in [3.05, 3.63) is 48.5 Å². The second-order valence-corrected chi connectivity index (χ2v) is 7.04. The van der Waals surface area contributed by atoms with Crippen LogP contribution in [0.4, 0.5) is 11.4 Å². The Kier molecular flexibility index (Phi) is 4.76. The Bertz CT molecular complexity index is 705. The van der Waals surface area contributed by atoms with Crippen LogP contribution in [0, 0.1) is 0 Å². The number of thioether (sulfide) groups is 1. The lowest BCUT2D eigenvalue weighted by Crippen LogP contribution is -2.39. The number of amides is 1. The molecular formula is C18H20N2O2S. The molecule has 1 amide bonds. The lowest BCUT2D eigenvalue weighted by molar-refractivity contribution is -0.115. The van der Waals surface area contributed by atoms with Crippen LogP contribution in [0.5, 0.6) is 5.75 Å². The first-order valence-corrected chi connectivity index (χ1v) is 8.48. The van der Waals surface area contributed by atoms with Gasteiger partial charge in [0.05, 0.1) is 19.3 Å². The normalized spacial score (nSPS) is 16.6. The molecule has 2 aromatic rings. The van der Waals surface area contributed by atoms with Gasteiger partial charge in [0.15, 0.2) is 0 Å². The highest BCUT2D eigenvalue weighted by Crippen LogP contribution is 2.37. The van der Waals surface area contributed by atoms with Crippen LogP contribution in [0.2, 0.25) is 0 Å². The van der Waals surface area contributed by atoms with Gasteiger partial charge in [-0.05, 0) is 24.3 Å². The molecule has 5 heteroatoms. The first-order chi connectivity index (χ1) is 11.2. The van der Waals surface area contributed by atoms with Crippen LogP contribution in [0.3, 0.4) is 0 Å². The lowest BCUT2D eigenvalue weighted by Gasteiger charge is -2.33. The number of methoxy groups -OCH3 is 1. The highest BCUT2D eigenvalue weighted by Gasteiger charge is 2.23. The molecule has 1 atom stereocenters. The SMILES string of the molecule is COc1cccc(NC(=O)CN2C[C@H](C)Sc3ccccc32)c1. The van der Waals surface area contributed by atoms with Crippen LogP contribution >= 0.6 is 11.8 Å². The van der Waals surface area contributed by atoms with E-state index in [0.717, 1.165) is 23.7 Å². The van der Waals surface area contributed by atoms with Crippen LogP contribution in [0.15, 0.2) is 53.4 Å². The summed E-state index contributed by atoms with van der Waals surface area (Å²) in [4.78, 5) is 15.8. The maximum atomic E-state index is 12.4. The van der Waals surface area contributed by atoms with Crippen LogP contribution in [-0.2, 0) is 4.79 Å². The summed E-state index contributed by atoms with van der Waals surface area (Å²) in [5.74, 6) is 0.711. The highest BCUT2D eigenvalue weighted by atomic mass is 32.2. The van der Waals surface area contributed by atoms with Crippen molar-refractivity contribution in [2.75, 3.05) is 30.4 Å². The zero-order valence-corrected chi connectivity index (χ0v) is 14.1. The monoisotopic (exact) mass is 328 g/mol. The van der Waals surface area contributed by atoms with E-state index in [2.05, 4.69) is 29.3 Å². The fraction of sp³-hybridized carbons (Fsp3) is 0.278. The number of hydrogen-bond donors (Lipinski definition) is 1. The number of benzene rings is 2. The van der Waals surface area contributed by atoms with E-state index in [0.29, 0.717) is 11.8 Å². The van der Waals surface area contributed by atoms with Crippen molar-refractivity contribution in [2.24, 2.45) is 0 Å². The minimum absolute atomic E-state index is 0.0212. The van der Waals surface area contributed by atoms with Gasteiger partial charge in [-0.25, -0.2) is 0 Å². The number of anilines is 2. The van der Waals surface area contributed by atoms with Gasteiger partial charge < -0.3 is 15.0 Å². The van der Waals surface area contributed by atoms with E-state index in [9.17, 15) is 4.79 Å². The molecule has 1 aliphatic heterocycles. The van der Waals surface area contributed by atoms with Crippen molar-refractivity contribution >= 4 is 29.0 Å². The average molecular weight is 328 g/mol. The number of ether oxygens (including phenoxy) is 1. The molecule has 0 unspecified atom stereocenters. The summed E-state index contributed by atoms with van der Waals surface area (Å²) in [6, 6.07) is 15.7. The number of para-hydroxylation sites is 1. The molecule has 1 heterocycles. The highest BCUT2D eigenvalue weighted by molar-refractivity contribution is 8.00. The van der Waals surface area contributed by atoms with E-state index < -0.39 is 0 Å². The summed E-state index contributed by atoms with van der Waals surface area (Å²) >= 11 is 1.86. The number of nitrogens with one attached hydrogen (secondary N) is 1. The quantitative estimate of drug-likeness (QED) is 0.930. The molecule has 0 aromatic heterocycles. The van der Waals surface area contributed by atoms with Crippen LogP contribution in [-0.4, -0.2) is 31.4 Å². The third-order valence-corrected chi connectivity index (χ3v) is 4.85. The maximum Gasteiger partial charge on any atom is 0.243 e. The lowest BCUT2D eigenvalue weighted by atomic mass is 10.2. The molecule has 0 bridgehead atoms. The topological polar surface area (TPSA) is 41.6 Å². The zero-order chi connectivity index (χ0) is 16.2. The Balaban J connectivity index is 1.70. The molecule has 120 valence electrons. The Morgan fingerprint density at radius 3 is 2.96 bits per heavy atom. The minimum atomic E-state index is -0.0212. The van der Waals surface area contributed by atoms with Crippen LogP contribution in [0.1, 0.15) is 6.92 Å². The second kappa shape index (κ2) is 6.96. The van der Waals surface area contributed by atoms with Crippen molar-refractivity contribution in [3.8, 4) is 5.75 Å². The Morgan fingerprint density at radius 2 is 2.13 bits per heavy atom. The number of hydrogen-bond acceptors (Lipinski definition) is 4. The molecule has 1 N–H and O–H groups in total. The largest absolute Gasteiger partial charge is 0.497 e. The summed E-state index contributed by atoms with van der Waals surface area (Å²) in [5.41, 5.74) is 1.89. The van der Waals surface area contributed by atoms with Gasteiger partial charge in [-0.2, -0.15) is 0 Å². The van der Waals surface area contributed by atoms with Gasteiger partial charge in [-0.1, -0.05) is 25.1 Å². The van der Waals surface area contributed by atoms with E-state index >= 15 is 0 Å². The molecule has 3 rings (SSSR count). The van der Waals surface area contributed by atoms with Gasteiger partial charge in [-0.15, -0.1) is 11.8 Å². The Labute approximate surface area is 140 Å². The molecule has 0 radical (unpaired) electrons. The van der Waals surface area contributed by atoms with Gasteiger partial charge in [0.2, 0.25) is 5.91 Å². The number of nitrogens with zero attached hydrogens (tertiary/aromatic N) is 1. The van der Waals surface area contributed by atoms with Crippen molar-refractivity contribution < 1.29 is 9.53 Å². The maximum absolute atomic E-state index is 12.4. The number of rotatable bonds is 4. The van der Waals surface area contributed by atoms with E-state index in [-0.39, 0.29) is 5.91 Å². The van der Waals surface area contributed by atoms with Gasteiger partial charge in [0.1, 0.15) is 5.75 Å². The van der Waals surface area contributed by atoms with Crippen molar-refractivity contribution in [3.63, 3.8) is 0 Å². The van der Waals surface area contributed by atoms with Crippen molar-refractivity contribution in [1.82, 2.24) is 0 Å². The fourth-order valence-corrected chi connectivity index (χ4v) is 3.87. The molecule has 1 aliphatic rings. The fourth-order valence-electron chi connectivity index (χ4n) is 2.71. The molecule has 23 heavy (non-hydrogen) atoms. The molecular weight excluding hydrogens is 308 g/mol. The zero-order valence-electron chi connectivity index (χ0n) is 13.3. The van der Waals surface area contributed by atoms with Crippen molar-refractivity contribution in [2.45, 2.75) is 17.1 Å². The van der Waals surface area contributed by atoms with Gasteiger partial charge >= 0.3 is 0 Å². The molecule has 0 saturated heterocycles. The standard InChI is InChI=1S/C18H20N2O2S/c1-13-11-20(16-8-3-4-9-17(16)23-13)12-18(21)19-14-6-5-7-15(10-14)22-2/h3-10,13H,11-12H2,1-2H3,(H,19,21)/t13-/m0/s1. The van der Waals surface area contributed by atoms with Gasteiger partial charge in [0, 0.05) is 28.4 Å². The van der Waals surface area contributed by atoms with Gasteiger partial charge in [0.25, 0.3) is 0 Å². The molecule has 0 saturated carbocycles. The summed E-state index contributed by atoms with van der Waals surface area (Å²) in [6.45, 7) is 3.40. The second-order valence-electron chi connectivity index (χ2n) is 5.56. The molecule has 0 aliphatic carbocycles. The summed E-state index contributed by atoms with van der Waals surface area (Å²) in [6.07, 6.45) is 0. The van der Waals surface area contributed by atoms with Crippen LogP contribution < -0.4 is 15.0 Å². The molecule has 4 nitrogen and oxygen atoms in total. The molecule has 2 aromatic carbocycles. The third kappa shape index (κ3) is 3.79. The average Bonchev–Trinajstić information content (AvgIpc) is 2.54. The molecule has 0 spiro atoms. The van der Waals surface area contributed by atoms with E-state index in [1.165, 1.54) is 4.90 Å². The predicted molar refractivity (Wildman–Crippen MR) is 95.6 cm³/mol. The van der Waals surface area contributed by atoms with E-state index in [1.807, 2.05) is 48.2 Å². The Hall–Kier alpha value is -2.14. The minimum Gasteiger partial charge on any atom is -0.497 e. The predicted octanol–water partition coefficient (Wildman–Crippen LogP) is 3.63. The number of carbonyl (C=O) groups excluding carboxylic acids is 1. The van der Waals surface area contributed by atoms with E-state index in [1.54, 1.807) is 7.11 Å². The third-order valence-electron chi connectivity index (χ3n) is 3.70. The van der Waals surface area contributed by atoms with Crippen LogP contribution in [0.25, 0.3) is 0 Å². The summed E-state index contributed by atoms with van der Waals surface area (Å²) in [5, 5.41) is 3.41.